The second kappa shape index (κ2) is 6.27. The standard InChI is InChI=1S/C12H17NO5S/c1-2-3-8-6-7-19-11(8)17-12(16)18-13-9(14)4-5-10(13)15/h8,11H,2-7H2,1H3/t8-,11-/m0/s1. The number of imide groups is 1. The summed E-state index contributed by atoms with van der Waals surface area (Å²) in [4.78, 5) is 38.9. The van der Waals surface area contributed by atoms with E-state index >= 15 is 0 Å². The number of thioether (sulfide) groups is 1. The summed E-state index contributed by atoms with van der Waals surface area (Å²) in [6.45, 7) is 2.08. The zero-order valence-electron chi connectivity index (χ0n) is 10.8. The van der Waals surface area contributed by atoms with Crippen molar-refractivity contribution < 1.29 is 24.0 Å². The van der Waals surface area contributed by atoms with Crippen LogP contribution in [0.2, 0.25) is 0 Å². The van der Waals surface area contributed by atoms with Gasteiger partial charge in [0, 0.05) is 18.8 Å². The molecule has 0 spiro atoms. The van der Waals surface area contributed by atoms with Crippen molar-refractivity contribution in [2.45, 2.75) is 44.5 Å². The second-order valence-electron chi connectivity index (χ2n) is 4.62. The molecule has 7 heteroatoms. The van der Waals surface area contributed by atoms with Gasteiger partial charge in [-0.3, -0.25) is 14.4 Å². The van der Waals surface area contributed by atoms with Gasteiger partial charge in [0.15, 0.2) is 5.44 Å². The summed E-state index contributed by atoms with van der Waals surface area (Å²) in [6.07, 6.45) is 2.24. The molecule has 0 unspecified atom stereocenters. The molecule has 2 heterocycles. The smallest absolute Gasteiger partial charge is 0.418 e. The van der Waals surface area contributed by atoms with Gasteiger partial charge in [-0.05, 0) is 18.6 Å². The first-order valence-corrected chi connectivity index (χ1v) is 7.52. The first kappa shape index (κ1) is 14.2. The van der Waals surface area contributed by atoms with Crippen molar-refractivity contribution in [3.8, 4) is 0 Å². The Labute approximate surface area is 115 Å². The average Bonchev–Trinajstić information content (AvgIpc) is 2.92. The first-order chi connectivity index (χ1) is 9.11. The molecular formula is C12H17NO5S. The predicted octanol–water partition coefficient (Wildman–Crippen LogP) is 2.08. The zero-order chi connectivity index (χ0) is 13.8. The van der Waals surface area contributed by atoms with Crippen LogP contribution >= 0.6 is 11.8 Å². The molecule has 0 aromatic rings. The monoisotopic (exact) mass is 287 g/mol. The van der Waals surface area contributed by atoms with Crippen LogP contribution in [0.3, 0.4) is 0 Å². The van der Waals surface area contributed by atoms with Gasteiger partial charge in [-0.1, -0.05) is 18.4 Å². The molecule has 2 aliphatic heterocycles. The average molecular weight is 287 g/mol. The van der Waals surface area contributed by atoms with Crippen LogP contribution < -0.4 is 0 Å². The van der Waals surface area contributed by atoms with E-state index in [2.05, 4.69) is 11.8 Å². The van der Waals surface area contributed by atoms with Crippen LogP contribution in [0.5, 0.6) is 0 Å². The number of hydrogen-bond donors (Lipinski definition) is 0. The Morgan fingerprint density at radius 3 is 2.68 bits per heavy atom. The van der Waals surface area contributed by atoms with Crippen LogP contribution in [-0.2, 0) is 19.2 Å². The van der Waals surface area contributed by atoms with Crippen LogP contribution in [0.15, 0.2) is 0 Å². The summed E-state index contributed by atoms with van der Waals surface area (Å²) in [5.74, 6) is 0.286. The lowest BCUT2D eigenvalue weighted by Crippen LogP contribution is -2.33. The summed E-state index contributed by atoms with van der Waals surface area (Å²) in [6, 6.07) is 0. The summed E-state index contributed by atoms with van der Waals surface area (Å²) in [7, 11) is 0. The van der Waals surface area contributed by atoms with Crippen molar-refractivity contribution in [2.75, 3.05) is 5.75 Å². The normalized spacial score (nSPS) is 26.9. The molecule has 19 heavy (non-hydrogen) atoms. The predicted molar refractivity (Wildman–Crippen MR) is 67.9 cm³/mol. The Balaban J connectivity index is 1.84. The summed E-state index contributed by atoms with van der Waals surface area (Å²) in [5.41, 5.74) is -0.236. The summed E-state index contributed by atoms with van der Waals surface area (Å²) >= 11 is 1.57. The van der Waals surface area contributed by atoms with Crippen LogP contribution in [0.25, 0.3) is 0 Å². The minimum absolute atomic E-state index is 0.0861. The fraction of sp³-hybridized carbons (Fsp3) is 0.750. The highest BCUT2D eigenvalue weighted by atomic mass is 32.2. The van der Waals surface area contributed by atoms with Gasteiger partial charge >= 0.3 is 6.16 Å². The molecule has 0 aromatic heterocycles. The third-order valence-corrected chi connectivity index (χ3v) is 4.48. The fourth-order valence-corrected chi connectivity index (χ4v) is 3.60. The van der Waals surface area contributed by atoms with E-state index in [1.165, 1.54) is 0 Å². The second-order valence-corrected chi connectivity index (χ2v) is 5.82. The fourth-order valence-electron chi connectivity index (χ4n) is 2.24. The Kier molecular flexibility index (Phi) is 4.68. The number of rotatable bonds is 4. The van der Waals surface area contributed by atoms with Gasteiger partial charge in [0.25, 0.3) is 11.8 Å². The number of carbonyl (C=O) groups is 3. The Morgan fingerprint density at radius 2 is 2.05 bits per heavy atom. The number of carbonyl (C=O) groups excluding carboxylic acids is 3. The zero-order valence-corrected chi connectivity index (χ0v) is 11.6. The Hall–Kier alpha value is -1.24. The van der Waals surface area contributed by atoms with E-state index in [-0.39, 0.29) is 18.3 Å². The minimum atomic E-state index is -0.968. The molecule has 106 valence electrons. The van der Waals surface area contributed by atoms with Gasteiger partial charge in [-0.2, -0.15) is 0 Å². The van der Waals surface area contributed by atoms with E-state index in [0.29, 0.717) is 11.0 Å². The quantitative estimate of drug-likeness (QED) is 0.582. The number of hydroxylamine groups is 2. The van der Waals surface area contributed by atoms with E-state index in [4.69, 9.17) is 4.74 Å². The highest BCUT2D eigenvalue weighted by molar-refractivity contribution is 8.00. The molecule has 2 aliphatic rings. The Morgan fingerprint density at radius 1 is 1.37 bits per heavy atom. The maximum Gasteiger partial charge on any atom is 0.535 e. The van der Waals surface area contributed by atoms with Crippen molar-refractivity contribution in [2.24, 2.45) is 5.92 Å². The third-order valence-electron chi connectivity index (χ3n) is 3.20. The molecule has 2 atom stereocenters. The molecule has 2 rings (SSSR count). The van der Waals surface area contributed by atoms with Crippen molar-refractivity contribution >= 4 is 29.7 Å². The van der Waals surface area contributed by atoms with Crippen LogP contribution in [0.4, 0.5) is 4.79 Å². The molecular weight excluding hydrogens is 270 g/mol. The van der Waals surface area contributed by atoms with E-state index in [1.807, 2.05) is 0 Å². The molecule has 2 amide bonds. The van der Waals surface area contributed by atoms with Crippen molar-refractivity contribution in [3.63, 3.8) is 0 Å². The SMILES string of the molecule is CCC[C@H]1CCS[C@@H]1OC(=O)ON1C(=O)CCC1=O. The topological polar surface area (TPSA) is 72.9 Å². The number of amides is 2. The number of hydrogen-bond acceptors (Lipinski definition) is 6. The van der Waals surface area contributed by atoms with Gasteiger partial charge in [0.2, 0.25) is 0 Å². The maximum atomic E-state index is 11.6. The van der Waals surface area contributed by atoms with Crippen molar-refractivity contribution in [1.82, 2.24) is 5.06 Å². The molecule has 6 nitrogen and oxygen atoms in total. The lowest BCUT2D eigenvalue weighted by molar-refractivity contribution is -0.177. The summed E-state index contributed by atoms with van der Waals surface area (Å²) in [5, 5.41) is 0.511. The van der Waals surface area contributed by atoms with Gasteiger partial charge in [0.1, 0.15) is 0 Å². The van der Waals surface area contributed by atoms with Crippen LogP contribution in [0, 0.1) is 5.92 Å². The van der Waals surface area contributed by atoms with E-state index in [9.17, 15) is 14.4 Å². The van der Waals surface area contributed by atoms with Crippen molar-refractivity contribution in [3.05, 3.63) is 0 Å². The molecule has 0 aromatic carbocycles. The Bertz CT molecular complexity index is 370. The summed E-state index contributed by atoms with van der Waals surface area (Å²) < 4.78 is 5.19. The maximum absolute atomic E-state index is 11.6. The van der Waals surface area contributed by atoms with Crippen LogP contribution in [0.1, 0.15) is 39.0 Å². The third kappa shape index (κ3) is 3.40. The number of nitrogens with zero attached hydrogens (tertiary/aromatic N) is 1. The van der Waals surface area contributed by atoms with Gasteiger partial charge in [-0.25, -0.2) is 4.79 Å². The molecule has 0 bridgehead atoms. The molecule has 2 fully saturated rings. The van der Waals surface area contributed by atoms with E-state index in [0.717, 1.165) is 25.0 Å². The molecule has 0 saturated carbocycles. The van der Waals surface area contributed by atoms with Gasteiger partial charge in [0.05, 0.1) is 0 Å². The highest BCUT2D eigenvalue weighted by Gasteiger charge is 2.36. The van der Waals surface area contributed by atoms with E-state index in [1.54, 1.807) is 11.8 Å². The van der Waals surface area contributed by atoms with Crippen LogP contribution in [-0.4, -0.2) is 34.2 Å². The lowest BCUT2D eigenvalue weighted by atomic mass is 10.0. The van der Waals surface area contributed by atoms with E-state index < -0.39 is 18.0 Å². The largest absolute Gasteiger partial charge is 0.535 e. The highest BCUT2D eigenvalue weighted by Crippen LogP contribution is 2.36. The molecule has 0 N–H and O–H groups in total. The lowest BCUT2D eigenvalue weighted by Gasteiger charge is -2.19. The molecule has 0 radical (unpaired) electrons. The first-order valence-electron chi connectivity index (χ1n) is 6.47. The van der Waals surface area contributed by atoms with Gasteiger partial charge < -0.3 is 4.74 Å². The molecule has 2 saturated heterocycles. The van der Waals surface area contributed by atoms with Gasteiger partial charge in [-0.15, -0.1) is 11.8 Å². The number of ether oxygens (including phenoxy) is 1. The molecule has 0 aliphatic carbocycles. The van der Waals surface area contributed by atoms with Crippen molar-refractivity contribution in [1.29, 1.82) is 0 Å². The minimum Gasteiger partial charge on any atom is -0.418 e.